The van der Waals surface area contributed by atoms with Crippen molar-refractivity contribution in [1.29, 1.82) is 0 Å². The minimum atomic E-state index is -0.252. The SMILES string of the molecule is COc1ccccc1NC(=O)CNC1(CO)CCC1. The average Bonchev–Trinajstić information content (AvgIpc) is 2.38. The second-order valence-electron chi connectivity index (χ2n) is 4.89. The molecule has 1 amide bonds. The van der Waals surface area contributed by atoms with Crippen LogP contribution in [0.4, 0.5) is 5.69 Å². The maximum Gasteiger partial charge on any atom is 0.238 e. The number of ether oxygens (including phenoxy) is 1. The Morgan fingerprint density at radius 3 is 2.74 bits per heavy atom. The number of benzene rings is 1. The molecule has 0 saturated heterocycles. The number of methoxy groups -OCH3 is 1. The predicted molar refractivity (Wildman–Crippen MR) is 73.3 cm³/mol. The zero-order valence-electron chi connectivity index (χ0n) is 11.1. The van der Waals surface area contributed by atoms with Crippen LogP contribution < -0.4 is 15.4 Å². The third kappa shape index (κ3) is 3.24. The van der Waals surface area contributed by atoms with Gasteiger partial charge in [0.15, 0.2) is 0 Å². The monoisotopic (exact) mass is 264 g/mol. The molecule has 0 heterocycles. The van der Waals surface area contributed by atoms with E-state index in [1.807, 2.05) is 12.1 Å². The first-order chi connectivity index (χ1) is 9.19. The molecule has 0 aromatic heterocycles. The Hall–Kier alpha value is -1.59. The number of anilines is 1. The number of carbonyl (C=O) groups excluding carboxylic acids is 1. The van der Waals surface area contributed by atoms with E-state index in [4.69, 9.17) is 4.74 Å². The number of rotatable bonds is 6. The van der Waals surface area contributed by atoms with Crippen LogP contribution in [0.15, 0.2) is 24.3 Å². The third-order valence-electron chi connectivity index (χ3n) is 3.62. The van der Waals surface area contributed by atoms with Crippen molar-refractivity contribution in [3.05, 3.63) is 24.3 Å². The maximum absolute atomic E-state index is 11.9. The van der Waals surface area contributed by atoms with Crippen LogP contribution in [-0.4, -0.2) is 36.8 Å². The van der Waals surface area contributed by atoms with Gasteiger partial charge < -0.3 is 20.5 Å². The second kappa shape index (κ2) is 6.04. The van der Waals surface area contributed by atoms with Crippen molar-refractivity contribution in [2.75, 3.05) is 25.6 Å². The fraction of sp³-hybridized carbons (Fsp3) is 0.500. The molecule has 1 aromatic rings. The molecule has 0 unspecified atom stereocenters. The topological polar surface area (TPSA) is 70.6 Å². The zero-order chi connectivity index (χ0) is 13.7. The van der Waals surface area contributed by atoms with Gasteiger partial charge in [-0.25, -0.2) is 0 Å². The summed E-state index contributed by atoms with van der Waals surface area (Å²) < 4.78 is 5.17. The summed E-state index contributed by atoms with van der Waals surface area (Å²) in [7, 11) is 1.57. The molecule has 0 spiro atoms. The van der Waals surface area contributed by atoms with Gasteiger partial charge in [0.2, 0.25) is 5.91 Å². The normalized spacial score (nSPS) is 16.5. The van der Waals surface area contributed by atoms with Crippen LogP contribution in [0.1, 0.15) is 19.3 Å². The number of aliphatic hydroxyl groups is 1. The molecule has 1 aliphatic carbocycles. The van der Waals surface area contributed by atoms with Crippen LogP contribution in [0, 0.1) is 0 Å². The van der Waals surface area contributed by atoms with Gasteiger partial charge in [-0.3, -0.25) is 4.79 Å². The van der Waals surface area contributed by atoms with Crippen LogP contribution in [0.5, 0.6) is 5.75 Å². The molecule has 5 nitrogen and oxygen atoms in total. The first-order valence-corrected chi connectivity index (χ1v) is 6.48. The fourth-order valence-corrected chi connectivity index (χ4v) is 2.20. The highest BCUT2D eigenvalue weighted by atomic mass is 16.5. The molecule has 5 heteroatoms. The summed E-state index contributed by atoms with van der Waals surface area (Å²) in [4.78, 5) is 11.9. The summed E-state index contributed by atoms with van der Waals surface area (Å²) in [6.45, 7) is 0.271. The lowest BCUT2D eigenvalue weighted by atomic mass is 9.77. The molecule has 0 aliphatic heterocycles. The van der Waals surface area contributed by atoms with Crippen molar-refractivity contribution in [2.24, 2.45) is 0 Å². The van der Waals surface area contributed by atoms with E-state index in [-0.39, 0.29) is 24.6 Å². The molecule has 104 valence electrons. The first-order valence-electron chi connectivity index (χ1n) is 6.48. The summed E-state index contributed by atoms with van der Waals surface area (Å²) in [5.74, 6) is 0.501. The smallest absolute Gasteiger partial charge is 0.238 e. The van der Waals surface area contributed by atoms with Crippen molar-refractivity contribution in [1.82, 2.24) is 5.32 Å². The highest BCUT2D eigenvalue weighted by Crippen LogP contribution is 2.31. The van der Waals surface area contributed by atoms with Gasteiger partial charge in [-0.1, -0.05) is 12.1 Å². The van der Waals surface area contributed by atoms with E-state index in [0.29, 0.717) is 11.4 Å². The molecule has 0 radical (unpaired) electrons. The van der Waals surface area contributed by atoms with E-state index >= 15 is 0 Å². The quantitative estimate of drug-likeness (QED) is 0.720. The van der Waals surface area contributed by atoms with Crippen LogP contribution >= 0.6 is 0 Å². The number of aliphatic hydroxyl groups excluding tert-OH is 1. The molecule has 19 heavy (non-hydrogen) atoms. The summed E-state index contributed by atoms with van der Waals surface area (Å²) in [6, 6.07) is 7.28. The van der Waals surface area contributed by atoms with E-state index in [1.165, 1.54) is 0 Å². The van der Waals surface area contributed by atoms with E-state index < -0.39 is 0 Å². The highest BCUT2D eigenvalue weighted by Gasteiger charge is 2.36. The standard InChI is InChI=1S/C14H20N2O3/c1-19-12-6-3-2-5-11(12)16-13(18)9-15-14(10-17)7-4-8-14/h2-3,5-6,15,17H,4,7-10H2,1H3,(H,16,18). The molecular formula is C14H20N2O3. The summed E-state index contributed by atoms with van der Waals surface area (Å²) in [6.07, 6.45) is 2.94. The molecule has 0 bridgehead atoms. The molecule has 1 saturated carbocycles. The van der Waals surface area contributed by atoms with Crippen molar-refractivity contribution < 1.29 is 14.6 Å². The van der Waals surface area contributed by atoms with Crippen molar-refractivity contribution >= 4 is 11.6 Å². The van der Waals surface area contributed by atoms with Gasteiger partial charge in [-0.05, 0) is 31.4 Å². The van der Waals surface area contributed by atoms with Crippen LogP contribution in [0.2, 0.25) is 0 Å². The Bertz CT molecular complexity index is 439. The van der Waals surface area contributed by atoms with Gasteiger partial charge in [0, 0.05) is 5.54 Å². The van der Waals surface area contributed by atoms with Crippen molar-refractivity contribution in [3.8, 4) is 5.75 Å². The molecule has 1 fully saturated rings. The fourth-order valence-electron chi connectivity index (χ4n) is 2.20. The van der Waals surface area contributed by atoms with E-state index in [9.17, 15) is 9.90 Å². The van der Waals surface area contributed by atoms with Crippen LogP contribution in [0.3, 0.4) is 0 Å². The average molecular weight is 264 g/mol. The third-order valence-corrected chi connectivity index (χ3v) is 3.62. The molecule has 1 aromatic carbocycles. The van der Waals surface area contributed by atoms with Crippen LogP contribution in [0.25, 0.3) is 0 Å². The number of carbonyl (C=O) groups is 1. The molecule has 2 rings (SSSR count). The maximum atomic E-state index is 11.9. The first kappa shape index (κ1) is 13.8. The molecule has 0 atom stereocenters. The van der Waals surface area contributed by atoms with E-state index in [0.717, 1.165) is 19.3 Å². The van der Waals surface area contributed by atoms with Gasteiger partial charge in [0.1, 0.15) is 5.75 Å². The Kier molecular flexibility index (Phi) is 4.39. The Morgan fingerprint density at radius 2 is 2.16 bits per heavy atom. The van der Waals surface area contributed by atoms with Gasteiger partial charge in [-0.2, -0.15) is 0 Å². The largest absolute Gasteiger partial charge is 0.495 e. The minimum Gasteiger partial charge on any atom is -0.495 e. The molecule has 3 N–H and O–H groups in total. The summed E-state index contributed by atoms with van der Waals surface area (Å²) in [5.41, 5.74) is 0.404. The number of amides is 1. The Morgan fingerprint density at radius 1 is 1.42 bits per heavy atom. The summed E-state index contributed by atoms with van der Waals surface area (Å²) in [5, 5.41) is 15.2. The van der Waals surface area contributed by atoms with Gasteiger partial charge in [0.05, 0.1) is 25.9 Å². The number of hydrogen-bond acceptors (Lipinski definition) is 4. The van der Waals surface area contributed by atoms with Crippen molar-refractivity contribution in [3.63, 3.8) is 0 Å². The van der Waals surface area contributed by atoms with Crippen molar-refractivity contribution in [2.45, 2.75) is 24.8 Å². The zero-order valence-corrected chi connectivity index (χ0v) is 11.1. The highest BCUT2D eigenvalue weighted by molar-refractivity contribution is 5.93. The van der Waals surface area contributed by atoms with Gasteiger partial charge in [-0.15, -0.1) is 0 Å². The van der Waals surface area contributed by atoms with Crippen LogP contribution in [-0.2, 0) is 4.79 Å². The number of nitrogens with one attached hydrogen (secondary N) is 2. The molecular weight excluding hydrogens is 244 g/mol. The lowest BCUT2D eigenvalue weighted by Crippen LogP contribution is -2.55. The predicted octanol–water partition coefficient (Wildman–Crippen LogP) is 1.14. The van der Waals surface area contributed by atoms with E-state index in [1.54, 1.807) is 19.2 Å². The Balaban J connectivity index is 1.87. The number of hydrogen-bond donors (Lipinski definition) is 3. The van der Waals surface area contributed by atoms with E-state index in [2.05, 4.69) is 10.6 Å². The second-order valence-corrected chi connectivity index (χ2v) is 4.89. The Labute approximate surface area is 113 Å². The molecule has 1 aliphatic rings. The minimum absolute atomic E-state index is 0.0783. The van der Waals surface area contributed by atoms with Gasteiger partial charge >= 0.3 is 0 Å². The van der Waals surface area contributed by atoms with Gasteiger partial charge in [0.25, 0.3) is 0 Å². The number of para-hydroxylation sites is 2. The summed E-state index contributed by atoms with van der Waals surface area (Å²) >= 11 is 0. The lowest BCUT2D eigenvalue weighted by Gasteiger charge is -2.41. The lowest BCUT2D eigenvalue weighted by molar-refractivity contribution is -0.116.